The van der Waals surface area contributed by atoms with Gasteiger partial charge in [0.1, 0.15) is 5.75 Å². The van der Waals surface area contributed by atoms with Crippen LogP contribution in [0.3, 0.4) is 0 Å². The summed E-state index contributed by atoms with van der Waals surface area (Å²) in [6, 6.07) is 13.1. The van der Waals surface area contributed by atoms with E-state index in [4.69, 9.17) is 4.74 Å². The number of ether oxygens (including phenoxy) is 2. The van der Waals surface area contributed by atoms with E-state index in [0.717, 1.165) is 20.9 Å². The molecular weight excluding hydrogens is 360 g/mol. The zero-order chi connectivity index (χ0) is 16.2. The predicted molar refractivity (Wildman–Crippen MR) is 90.2 cm³/mol. The zero-order valence-electron chi connectivity index (χ0n) is 12.3. The SMILES string of the molecule is COC(=O)COc1cccc(-c2ncc3cc(Br)ccc3n2)c1. The summed E-state index contributed by atoms with van der Waals surface area (Å²) in [4.78, 5) is 20.1. The number of carbonyl (C=O) groups excluding carboxylic acids is 1. The standard InChI is InChI=1S/C17H13BrN2O3/c1-22-16(21)10-23-14-4-2-3-11(8-14)17-19-9-12-7-13(18)5-6-15(12)20-17/h2-9H,10H2,1H3. The first-order chi connectivity index (χ1) is 11.2. The van der Waals surface area contributed by atoms with Crippen molar-refractivity contribution in [3.05, 3.63) is 53.1 Å². The average molecular weight is 373 g/mol. The van der Waals surface area contributed by atoms with Gasteiger partial charge in [0.05, 0.1) is 12.6 Å². The van der Waals surface area contributed by atoms with Crippen LogP contribution in [0.4, 0.5) is 0 Å². The topological polar surface area (TPSA) is 61.3 Å². The second-order valence-corrected chi connectivity index (χ2v) is 5.71. The number of nitrogens with zero attached hydrogens (tertiary/aromatic N) is 2. The van der Waals surface area contributed by atoms with Crippen LogP contribution >= 0.6 is 15.9 Å². The highest BCUT2D eigenvalue weighted by Crippen LogP contribution is 2.24. The molecule has 2 aromatic carbocycles. The Balaban J connectivity index is 1.89. The van der Waals surface area contributed by atoms with E-state index < -0.39 is 5.97 Å². The molecule has 0 bridgehead atoms. The largest absolute Gasteiger partial charge is 0.482 e. The third kappa shape index (κ3) is 3.65. The summed E-state index contributed by atoms with van der Waals surface area (Å²) in [5, 5.41) is 0.959. The summed E-state index contributed by atoms with van der Waals surface area (Å²) < 4.78 is 10.9. The Morgan fingerprint density at radius 2 is 2.09 bits per heavy atom. The van der Waals surface area contributed by atoms with Gasteiger partial charge in [0.15, 0.2) is 12.4 Å². The van der Waals surface area contributed by atoms with Gasteiger partial charge in [-0.2, -0.15) is 0 Å². The number of hydrogen-bond acceptors (Lipinski definition) is 5. The Bertz CT molecular complexity index is 867. The van der Waals surface area contributed by atoms with Crippen molar-refractivity contribution < 1.29 is 14.3 Å². The van der Waals surface area contributed by atoms with Crippen LogP contribution in [0.15, 0.2) is 53.1 Å². The molecule has 0 amide bonds. The maximum atomic E-state index is 11.1. The minimum Gasteiger partial charge on any atom is -0.482 e. The van der Waals surface area contributed by atoms with Crippen molar-refractivity contribution in [2.24, 2.45) is 0 Å². The van der Waals surface area contributed by atoms with Gasteiger partial charge in [-0.1, -0.05) is 28.1 Å². The molecule has 0 spiro atoms. The van der Waals surface area contributed by atoms with Crippen molar-refractivity contribution >= 4 is 32.8 Å². The van der Waals surface area contributed by atoms with E-state index in [-0.39, 0.29) is 6.61 Å². The predicted octanol–water partition coefficient (Wildman–Crippen LogP) is 3.61. The van der Waals surface area contributed by atoms with Gasteiger partial charge in [0.25, 0.3) is 0 Å². The lowest BCUT2D eigenvalue weighted by Gasteiger charge is -2.07. The fraction of sp³-hybridized carbons (Fsp3) is 0.118. The lowest BCUT2D eigenvalue weighted by molar-refractivity contribution is -0.142. The molecule has 1 heterocycles. The summed E-state index contributed by atoms with van der Waals surface area (Å²) in [6.07, 6.45) is 1.78. The molecule has 0 fully saturated rings. The fourth-order valence-electron chi connectivity index (χ4n) is 2.07. The fourth-order valence-corrected chi connectivity index (χ4v) is 2.45. The molecule has 0 aliphatic heterocycles. The highest BCUT2D eigenvalue weighted by atomic mass is 79.9. The van der Waals surface area contributed by atoms with E-state index in [1.165, 1.54) is 7.11 Å². The third-order valence-corrected chi connectivity index (χ3v) is 3.71. The van der Waals surface area contributed by atoms with Gasteiger partial charge in [0.2, 0.25) is 0 Å². The maximum absolute atomic E-state index is 11.1. The maximum Gasteiger partial charge on any atom is 0.343 e. The van der Waals surface area contributed by atoms with Crippen molar-refractivity contribution in [2.75, 3.05) is 13.7 Å². The Morgan fingerprint density at radius 1 is 1.22 bits per heavy atom. The van der Waals surface area contributed by atoms with E-state index in [2.05, 4.69) is 30.6 Å². The summed E-state index contributed by atoms with van der Waals surface area (Å²) in [6.45, 7) is -0.132. The van der Waals surface area contributed by atoms with Crippen LogP contribution in [0.2, 0.25) is 0 Å². The summed E-state index contributed by atoms with van der Waals surface area (Å²) >= 11 is 3.43. The Labute approximate surface area is 141 Å². The molecule has 1 aromatic heterocycles. The minimum atomic E-state index is -0.428. The number of carbonyl (C=O) groups is 1. The first-order valence-electron chi connectivity index (χ1n) is 6.88. The molecule has 0 atom stereocenters. The highest BCUT2D eigenvalue weighted by Gasteiger charge is 2.07. The van der Waals surface area contributed by atoms with Gasteiger partial charge in [-0.25, -0.2) is 14.8 Å². The minimum absolute atomic E-state index is 0.132. The van der Waals surface area contributed by atoms with Gasteiger partial charge >= 0.3 is 5.97 Å². The summed E-state index contributed by atoms with van der Waals surface area (Å²) in [5.41, 5.74) is 1.68. The summed E-state index contributed by atoms with van der Waals surface area (Å²) in [7, 11) is 1.32. The Hall–Kier alpha value is -2.47. The third-order valence-electron chi connectivity index (χ3n) is 3.22. The smallest absolute Gasteiger partial charge is 0.343 e. The van der Waals surface area contributed by atoms with Gasteiger partial charge < -0.3 is 9.47 Å². The molecule has 0 unspecified atom stereocenters. The highest BCUT2D eigenvalue weighted by molar-refractivity contribution is 9.10. The molecule has 116 valence electrons. The quantitative estimate of drug-likeness (QED) is 0.654. The number of rotatable bonds is 4. The lowest BCUT2D eigenvalue weighted by Crippen LogP contribution is -2.12. The molecule has 0 saturated heterocycles. The van der Waals surface area contributed by atoms with Gasteiger partial charge in [0, 0.05) is 21.6 Å². The molecule has 5 nitrogen and oxygen atoms in total. The van der Waals surface area contributed by atoms with Crippen LogP contribution in [0.5, 0.6) is 5.75 Å². The molecule has 23 heavy (non-hydrogen) atoms. The lowest BCUT2D eigenvalue weighted by atomic mass is 10.2. The van der Waals surface area contributed by atoms with Crippen molar-refractivity contribution in [3.8, 4) is 17.1 Å². The van der Waals surface area contributed by atoms with Gasteiger partial charge in [-0.05, 0) is 30.3 Å². The van der Waals surface area contributed by atoms with Gasteiger partial charge in [-0.3, -0.25) is 0 Å². The number of hydrogen-bond donors (Lipinski definition) is 0. The average Bonchev–Trinajstić information content (AvgIpc) is 2.59. The van der Waals surface area contributed by atoms with E-state index in [9.17, 15) is 4.79 Å². The van der Waals surface area contributed by atoms with Crippen molar-refractivity contribution in [3.63, 3.8) is 0 Å². The second kappa shape index (κ2) is 6.75. The number of aromatic nitrogens is 2. The Kier molecular flexibility index (Phi) is 4.52. The van der Waals surface area contributed by atoms with Gasteiger partial charge in [-0.15, -0.1) is 0 Å². The molecular formula is C17H13BrN2O3. The van der Waals surface area contributed by atoms with E-state index in [1.807, 2.05) is 30.3 Å². The molecule has 0 radical (unpaired) electrons. The molecule has 3 rings (SSSR count). The second-order valence-electron chi connectivity index (χ2n) is 4.79. The van der Waals surface area contributed by atoms with Crippen LogP contribution in [-0.2, 0) is 9.53 Å². The molecule has 6 heteroatoms. The van der Waals surface area contributed by atoms with Crippen molar-refractivity contribution in [1.29, 1.82) is 0 Å². The first-order valence-corrected chi connectivity index (χ1v) is 7.67. The van der Waals surface area contributed by atoms with E-state index in [0.29, 0.717) is 11.6 Å². The number of methoxy groups -OCH3 is 1. The van der Waals surface area contributed by atoms with Crippen molar-refractivity contribution in [1.82, 2.24) is 9.97 Å². The molecule has 0 aliphatic rings. The number of esters is 1. The van der Waals surface area contributed by atoms with Crippen LogP contribution < -0.4 is 4.74 Å². The number of halogens is 1. The van der Waals surface area contributed by atoms with E-state index >= 15 is 0 Å². The van der Waals surface area contributed by atoms with Crippen LogP contribution in [0.1, 0.15) is 0 Å². The molecule has 0 saturated carbocycles. The summed E-state index contributed by atoms with van der Waals surface area (Å²) in [5.74, 6) is 0.735. The number of benzene rings is 2. The Morgan fingerprint density at radius 3 is 2.91 bits per heavy atom. The van der Waals surface area contributed by atoms with Crippen LogP contribution in [0.25, 0.3) is 22.3 Å². The van der Waals surface area contributed by atoms with E-state index in [1.54, 1.807) is 18.3 Å². The molecule has 3 aromatic rings. The molecule has 0 aliphatic carbocycles. The normalized spacial score (nSPS) is 10.5. The van der Waals surface area contributed by atoms with Crippen molar-refractivity contribution in [2.45, 2.75) is 0 Å². The van der Waals surface area contributed by atoms with Crippen LogP contribution in [-0.4, -0.2) is 29.7 Å². The zero-order valence-corrected chi connectivity index (χ0v) is 13.9. The first kappa shape index (κ1) is 15.4. The van der Waals surface area contributed by atoms with Crippen LogP contribution in [0, 0.1) is 0 Å². The monoisotopic (exact) mass is 372 g/mol. The number of fused-ring (bicyclic) bond motifs is 1. The molecule has 0 N–H and O–H groups in total.